The van der Waals surface area contributed by atoms with E-state index in [0.717, 1.165) is 0 Å². The van der Waals surface area contributed by atoms with Crippen molar-refractivity contribution in [1.82, 2.24) is 5.32 Å². The Morgan fingerprint density at radius 2 is 2.12 bits per heavy atom. The molecule has 94 valence electrons. The monoisotopic (exact) mass is 257 g/mol. The van der Waals surface area contributed by atoms with Gasteiger partial charge in [-0.1, -0.05) is 12.1 Å². The van der Waals surface area contributed by atoms with Crippen molar-refractivity contribution in [2.75, 3.05) is 11.5 Å². The molecule has 0 amide bonds. The number of hydrogen-bond acceptors (Lipinski definition) is 3. The Kier molecular flexibility index (Phi) is 2.99. The third-order valence-electron chi connectivity index (χ3n) is 2.82. The molecule has 0 radical (unpaired) electrons. The second kappa shape index (κ2) is 4.07. The van der Waals surface area contributed by atoms with Crippen LogP contribution < -0.4 is 5.32 Å². The van der Waals surface area contributed by atoms with Gasteiger partial charge in [-0.25, -0.2) is 12.8 Å². The Hall–Kier alpha value is -0.940. The molecule has 3 nitrogen and oxygen atoms in total. The summed E-state index contributed by atoms with van der Waals surface area (Å²) in [5, 5.41) is 3.25. The summed E-state index contributed by atoms with van der Waals surface area (Å²) in [6, 6.07) is 5.75. The van der Waals surface area contributed by atoms with Crippen LogP contribution in [0.5, 0.6) is 0 Å². The zero-order valence-electron chi connectivity index (χ0n) is 9.90. The van der Waals surface area contributed by atoms with E-state index in [1.165, 1.54) is 12.1 Å². The molecule has 1 aromatic rings. The molecular weight excluding hydrogens is 241 g/mol. The van der Waals surface area contributed by atoms with Gasteiger partial charge in [0.15, 0.2) is 9.84 Å². The number of sulfone groups is 1. The van der Waals surface area contributed by atoms with Crippen LogP contribution in [0.4, 0.5) is 4.39 Å². The van der Waals surface area contributed by atoms with Gasteiger partial charge in [0.25, 0.3) is 0 Å². The lowest BCUT2D eigenvalue weighted by molar-refractivity contribution is 0.359. The molecule has 1 N–H and O–H groups in total. The number of halogens is 1. The molecule has 5 heteroatoms. The first-order valence-corrected chi connectivity index (χ1v) is 7.33. The first kappa shape index (κ1) is 12.5. The van der Waals surface area contributed by atoms with Gasteiger partial charge in [-0.2, -0.15) is 0 Å². The highest BCUT2D eigenvalue weighted by molar-refractivity contribution is 7.91. The summed E-state index contributed by atoms with van der Waals surface area (Å²) < 4.78 is 36.7. The molecule has 1 heterocycles. The van der Waals surface area contributed by atoms with Gasteiger partial charge in [0, 0.05) is 11.6 Å². The molecule has 1 fully saturated rings. The van der Waals surface area contributed by atoms with Gasteiger partial charge in [0.1, 0.15) is 5.82 Å². The molecule has 1 aliphatic rings. The normalized spacial score (nSPS) is 26.6. The van der Waals surface area contributed by atoms with Crippen molar-refractivity contribution < 1.29 is 12.8 Å². The van der Waals surface area contributed by atoms with Crippen molar-refractivity contribution in [3.8, 4) is 0 Å². The topological polar surface area (TPSA) is 46.2 Å². The number of rotatable bonds is 1. The zero-order chi connectivity index (χ0) is 12.7. The standard InChI is InChI=1S/C12H16FNO2S/c1-12(2)8-17(15,16)7-11(14-12)9-4-3-5-10(13)6-9/h3-6,11,14H,7-8H2,1-2H3. The lowest BCUT2D eigenvalue weighted by Gasteiger charge is -2.37. The SMILES string of the molecule is CC1(C)CS(=O)(=O)CC(c2cccc(F)c2)N1. The van der Waals surface area contributed by atoms with Crippen molar-refractivity contribution in [3.63, 3.8) is 0 Å². The fraction of sp³-hybridized carbons (Fsp3) is 0.500. The number of nitrogens with one attached hydrogen (secondary N) is 1. The molecule has 1 unspecified atom stereocenters. The lowest BCUT2D eigenvalue weighted by Crippen LogP contribution is -2.54. The Morgan fingerprint density at radius 1 is 1.41 bits per heavy atom. The predicted molar refractivity (Wildman–Crippen MR) is 65.0 cm³/mol. The Bertz CT molecular complexity index is 525. The van der Waals surface area contributed by atoms with E-state index in [2.05, 4.69) is 5.32 Å². The third-order valence-corrected chi connectivity index (χ3v) is 4.82. The second-order valence-corrected chi connectivity index (χ2v) is 7.30. The van der Waals surface area contributed by atoms with Crippen molar-refractivity contribution in [2.45, 2.75) is 25.4 Å². The van der Waals surface area contributed by atoms with Crippen LogP contribution in [-0.4, -0.2) is 25.5 Å². The van der Waals surface area contributed by atoms with E-state index in [-0.39, 0.29) is 23.4 Å². The maximum Gasteiger partial charge on any atom is 0.153 e. The minimum atomic E-state index is -3.09. The first-order chi connectivity index (χ1) is 7.77. The fourth-order valence-corrected chi connectivity index (χ4v) is 4.40. The fourth-order valence-electron chi connectivity index (χ4n) is 2.32. The van der Waals surface area contributed by atoms with Crippen molar-refractivity contribution in [3.05, 3.63) is 35.6 Å². The van der Waals surface area contributed by atoms with E-state index < -0.39 is 15.4 Å². The van der Waals surface area contributed by atoms with Crippen LogP contribution >= 0.6 is 0 Å². The highest BCUT2D eigenvalue weighted by atomic mass is 32.2. The van der Waals surface area contributed by atoms with Gasteiger partial charge in [0.05, 0.1) is 11.5 Å². The predicted octanol–water partition coefficient (Wildman–Crippen LogP) is 1.66. The molecule has 0 spiro atoms. The van der Waals surface area contributed by atoms with E-state index in [1.54, 1.807) is 12.1 Å². The van der Waals surface area contributed by atoms with Crippen molar-refractivity contribution >= 4 is 9.84 Å². The second-order valence-electron chi connectivity index (χ2n) is 5.19. The van der Waals surface area contributed by atoms with Crippen LogP contribution in [0.15, 0.2) is 24.3 Å². The average Bonchev–Trinajstić information content (AvgIpc) is 2.12. The summed E-state index contributed by atoms with van der Waals surface area (Å²) in [5.41, 5.74) is 0.204. The summed E-state index contributed by atoms with van der Waals surface area (Å²) in [5.74, 6) is -0.198. The van der Waals surface area contributed by atoms with Gasteiger partial charge >= 0.3 is 0 Å². The minimum absolute atomic E-state index is 0.0277. The highest BCUT2D eigenvalue weighted by Gasteiger charge is 2.36. The Balaban J connectivity index is 2.33. The molecule has 1 atom stereocenters. The molecule has 1 aromatic carbocycles. The van der Waals surface area contributed by atoms with Gasteiger partial charge in [0.2, 0.25) is 0 Å². The Labute approximate surface area is 101 Å². The van der Waals surface area contributed by atoms with Crippen LogP contribution in [0.1, 0.15) is 25.5 Å². The maximum absolute atomic E-state index is 13.1. The van der Waals surface area contributed by atoms with E-state index in [4.69, 9.17) is 0 Å². The van der Waals surface area contributed by atoms with E-state index in [1.807, 2.05) is 13.8 Å². The summed E-state index contributed by atoms with van der Waals surface area (Å²) >= 11 is 0. The molecule has 0 aliphatic carbocycles. The first-order valence-electron chi connectivity index (χ1n) is 5.51. The number of hydrogen-bond donors (Lipinski definition) is 1. The quantitative estimate of drug-likeness (QED) is 0.832. The van der Waals surface area contributed by atoms with Crippen molar-refractivity contribution in [2.24, 2.45) is 0 Å². The summed E-state index contributed by atoms with van der Waals surface area (Å²) in [4.78, 5) is 0. The highest BCUT2D eigenvalue weighted by Crippen LogP contribution is 2.26. The van der Waals surface area contributed by atoms with Crippen LogP contribution in [-0.2, 0) is 9.84 Å². The molecule has 2 rings (SSSR count). The molecule has 0 bridgehead atoms. The van der Waals surface area contributed by atoms with Crippen LogP contribution in [0, 0.1) is 5.82 Å². The van der Waals surface area contributed by atoms with Gasteiger partial charge in [-0.15, -0.1) is 0 Å². The van der Waals surface area contributed by atoms with Gasteiger partial charge in [-0.05, 0) is 31.5 Å². The number of benzene rings is 1. The summed E-state index contributed by atoms with van der Waals surface area (Å²) in [6.07, 6.45) is 0. The van der Waals surface area contributed by atoms with Crippen molar-refractivity contribution in [1.29, 1.82) is 0 Å². The Morgan fingerprint density at radius 3 is 2.71 bits per heavy atom. The molecule has 1 aliphatic heterocycles. The van der Waals surface area contributed by atoms with E-state index in [0.29, 0.717) is 5.56 Å². The third kappa shape index (κ3) is 3.04. The average molecular weight is 257 g/mol. The van der Waals surface area contributed by atoms with Gasteiger partial charge < -0.3 is 5.32 Å². The van der Waals surface area contributed by atoms with Gasteiger partial charge in [-0.3, -0.25) is 0 Å². The molecule has 1 saturated heterocycles. The van der Waals surface area contributed by atoms with E-state index in [9.17, 15) is 12.8 Å². The molecular formula is C12H16FNO2S. The molecule has 0 saturated carbocycles. The van der Waals surface area contributed by atoms with E-state index >= 15 is 0 Å². The van der Waals surface area contributed by atoms with Crippen LogP contribution in [0.25, 0.3) is 0 Å². The zero-order valence-corrected chi connectivity index (χ0v) is 10.7. The summed E-state index contributed by atoms with van der Waals surface area (Å²) in [6.45, 7) is 3.69. The molecule has 0 aromatic heterocycles. The van der Waals surface area contributed by atoms with Crippen LogP contribution in [0.3, 0.4) is 0 Å². The molecule has 17 heavy (non-hydrogen) atoms. The summed E-state index contributed by atoms with van der Waals surface area (Å²) in [7, 11) is -3.09. The lowest BCUT2D eigenvalue weighted by atomic mass is 10.0. The van der Waals surface area contributed by atoms with Crippen LogP contribution in [0.2, 0.25) is 0 Å². The largest absolute Gasteiger partial charge is 0.303 e. The maximum atomic E-state index is 13.1. The minimum Gasteiger partial charge on any atom is -0.303 e. The smallest absolute Gasteiger partial charge is 0.153 e.